The zero-order chi connectivity index (χ0) is 22.0. The number of nitrogens with zero attached hydrogens (tertiary/aromatic N) is 3. The maximum atomic E-state index is 14.5. The summed E-state index contributed by atoms with van der Waals surface area (Å²) in [4.78, 5) is 17.2. The average molecular weight is 446 g/mol. The molecule has 0 radical (unpaired) electrons. The fraction of sp³-hybridized carbons (Fsp3) is 0.381. The number of carbonyl (C=O) groups excluding carboxylic acids is 1. The topological polar surface area (TPSA) is 104 Å². The van der Waals surface area contributed by atoms with Crippen molar-refractivity contribution in [1.82, 2.24) is 14.8 Å². The molecular weight excluding hydrogens is 421 g/mol. The van der Waals surface area contributed by atoms with Crippen molar-refractivity contribution in [1.29, 1.82) is 0 Å². The second-order valence-corrected chi connectivity index (χ2v) is 8.22. The Morgan fingerprint density at radius 3 is 3.03 bits per heavy atom. The Balaban J connectivity index is 1.54. The molecule has 2 unspecified atom stereocenters. The number of methoxy groups -OCH3 is 1. The molecular formula is C21H24FN5O3S. The molecule has 10 heteroatoms. The maximum Gasteiger partial charge on any atom is 0.275 e. The predicted octanol–water partition coefficient (Wildman–Crippen LogP) is 3.51. The third kappa shape index (κ3) is 4.46. The molecule has 3 aromatic rings. The molecule has 1 fully saturated rings. The third-order valence-corrected chi connectivity index (χ3v) is 6.17. The van der Waals surface area contributed by atoms with Crippen molar-refractivity contribution in [3.05, 3.63) is 47.0 Å². The van der Waals surface area contributed by atoms with E-state index in [2.05, 4.69) is 15.4 Å². The van der Waals surface area contributed by atoms with E-state index in [0.717, 1.165) is 25.0 Å². The number of amides is 1. The standard InChI is InChI=1S/C21H24FN5O3S/c1-27-19(17-7-6-12(23)8-9-30-17)14(10-24-27)25-20(28)15-11-31-21(26-15)13-4-3-5-16(29-2)18(13)22/h3-5,10-12,17H,6-9,23H2,1-2H3,(H,25,28). The number of thiazole rings is 1. The van der Waals surface area contributed by atoms with Crippen LogP contribution in [0.3, 0.4) is 0 Å². The minimum atomic E-state index is -0.510. The monoisotopic (exact) mass is 445 g/mol. The molecule has 164 valence electrons. The van der Waals surface area contributed by atoms with Crippen molar-refractivity contribution in [2.45, 2.75) is 31.4 Å². The molecule has 2 aromatic heterocycles. The van der Waals surface area contributed by atoms with Crippen molar-refractivity contribution in [2.24, 2.45) is 12.8 Å². The third-order valence-electron chi connectivity index (χ3n) is 5.30. The molecule has 31 heavy (non-hydrogen) atoms. The van der Waals surface area contributed by atoms with Crippen molar-refractivity contribution in [3.63, 3.8) is 0 Å². The Kier molecular flexibility index (Phi) is 6.30. The summed E-state index contributed by atoms with van der Waals surface area (Å²) < 4.78 is 27.2. The summed E-state index contributed by atoms with van der Waals surface area (Å²) in [6.07, 6.45) is 3.78. The number of benzene rings is 1. The van der Waals surface area contributed by atoms with Crippen LogP contribution >= 0.6 is 11.3 Å². The number of nitrogens with two attached hydrogens (primary N) is 1. The highest BCUT2D eigenvalue weighted by Gasteiger charge is 2.26. The van der Waals surface area contributed by atoms with Crippen LogP contribution in [0.4, 0.5) is 10.1 Å². The second kappa shape index (κ2) is 9.13. The van der Waals surface area contributed by atoms with Crippen LogP contribution in [-0.4, -0.2) is 40.4 Å². The minimum absolute atomic E-state index is 0.113. The molecule has 2 atom stereocenters. The van der Waals surface area contributed by atoms with Crippen LogP contribution in [0.25, 0.3) is 10.6 Å². The molecule has 3 N–H and O–H groups in total. The first-order valence-corrected chi connectivity index (χ1v) is 10.8. The van der Waals surface area contributed by atoms with Crippen molar-refractivity contribution >= 4 is 22.9 Å². The van der Waals surface area contributed by atoms with Gasteiger partial charge in [0.2, 0.25) is 0 Å². The SMILES string of the molecule is COc1cccc(-c2nc(C(=O)Nc3cnn(C)c3C3CCC(N)CCO3)cs2)c1F. The van der Waals surface area contributed by atoms with Crippen LogP contribution in [0.2, 0.25) is 0 Å². The smallest absolute Gasteiger partial charge is 0.275 e. The molecule has 1 aromatic carbocycles. The molecule has 1 amide bonds. The van der Waals surface area contributed by atoms with E-state index in [4.69, 9.17) is 15.2 Å². The van der Waals surface area contributed by atoms with Gasteiger partial charge in [0, 0.05) is 25.1 Å². The Morgan fingerprint density at radius 2 is 2.23 bits per heavy atom. The molecule has 0 saturated carbocycles. The Hall–Kier alpha value is -2.82. The summed E-state index contributed by atoms with van der Waals surface area (Å²) >= 11 is 1.19. The number of hydrogen-bond acceptors (Lipinski definition) is 7. The van der Waals surface area contributed by atoms with E-state index in [1.165, 1.54) is 24.5 Å². The first kappa shape index (κ1) is 21.4. The first-order valence-electron chi connectivity index (χ1n) is 9.96. The largest absolute Gasteiger partial charge is 0.494 e. The number of anilines is 1. The van der Waals surface area contributed by atoms with E-state index in [0.29, 0.717) is 17.3 Å². The Labute approximate surface area is 183 Å². The lowest BCUT2D eigenvalue weighted by atomic mass is 10.1. The number of halogens is 1. The molecule has 1 aliphatic heterocycles. The number of nitrogens with one attached hydrogen (secondary N) is 1. The summed E-state index contributed by atoms with van der Waals surface area (Å²) in [6, 6.07) is 4.93. The lowest BCUT2D eigenvalue weighted by Crippen LogP contribution is -2.19. The summed E-state index contributed by atoms with van der Waals surface area (Å²) in [6.45, 7) is 0.561. The van der Waals surface area contributed by atoms with Crippen LogP contribution < -0.4 is 15.8 Å². The molecule has 0 aliphatic carbocycles. The Bertz CT molecular complexity index is 1080. The van der Waals surface area contributed by atoms with Gasteiger partial charge in [-0.15, -0.1) is 11.3 Å². The first-order chi connectivity index (χ1) is 15.0. The summed E-state index contributed by atoms with van der Waals surface area (Å²) in [5.41, 5.74) is 7.88. The van der Waals surface area contributed by atoms with E-state index in [1.54, 1.807) is 28.4 Å². The number of hydrogen-bond donors (Lipinski definition) is 2. The average Bonchev–Trinajstić information content (AvgIpc) is 3.32. The molecule has 3 heterocycles. The predicted molar refractivity (Wildman–Crippen MR) is 116 cm³/mol. The number of ether oxygens (including phenoxy) is 2. The van der Waals surface area contributed by atoms with E-state index < -0.39 is 11.7 Å². The van der Waals surface area contributed by atoms with Gasteiger partial charge in [0.05, 0.1) is 30.3 Å². The highest BCUT2D eigenvalue weighted by Crippen LogP contribution is 2.33. The van der Waals surface area contributed by atoms with Crippen molar-refractivity contribution in [2.75, 3.05) is 19.0 Å². The van der Waals surface area contributed by atoms with Gasteiger partial charge >= 0.3 is 0 Å². The number of aromatic nitrogens is 3. The lowest BCUT2D eigenvalue weighted by molar-refractivity contribution is 0.0529. The van der Waals surface area contributed by atoms with Crippen LogP contribution in [0.1, 0.15) is 41.5 Å². The van der Waals surface area contributed by atoms with Gasteiger partial charge in [-0.05, 0) is 31.4 Å². The van der Waals surface area contributed by atoms with Crippen LogP contribution in [-0.2, 0) is 11.8 Å². The molecule has 1 aliphatic rings. The fourth-order valence-corrected chi connectivity index (χ4v) is 4.44. The summed E-state index contributed by atoms with van der Waals surface area (Å²) in [7, 11) is 3.21. The normalized spacial score (nSPS) is 19.1. The number of aryl methyl sites for hydroxylation is 1. The van der Waals surface area contributed by atoms with Crippen LogP contribution in [0.5, 0.6) is 5.75 Å². The van der Waals surface area contributed by atoms with Gasteiger partial charge in [-0.2, -0.15) is 5.10 Å². The van der Waals surface area contributed by atoms with Crippen LogP contribution in [0, 0.1) is 5.82 Å². The van der Waals surface area contributed by atoms with E-state index >= 15 is 0 Å². The summed E-state index contributed by atoms with van der Waals surface area (Å²) in [5.74, 6) is -0.781. The fourth-order valence-electron chi connectivity index (χ4n) is 3.62. The van der Waals surface area contributed by atoms with Gasteiger partial charge in [0.15, 0.2) is 11.6 Å². The highest BCUT2D eigenvalue weighted by atomic mass is 32.1. The quantitative estimate of drug-likeness (QED) is 0.623. The van der Waals surface area contributed by atoms with Gasteiger partial charge in [0.1, 0.15) is 16.8 Å². The highest BCUT2D eigenvalue weighted by molar-refractivity contribution is 7.13. The van der Waals surface area contributed by atoms with E-state index in [9.17, 15) is 9.18 Å². The Morgan fingerprint density at radius 1 is 1.39 bits per heavy atom. The number of rotatable bonds is 5. The molecule has 0 spiro atoms. The lowest BCUT2D eigenvalue weighted by Gasteiger charge is -2.17. The molecule has 8 nitrogen and oxygen atoms in total. The van der Waals surface area contributed by atoms with Crippen molar-refractivity contribution < 1.29 is 18.7 Å². The van der Waals surface area contributed by atoms with Gasteiger partial charge in [-0.1, -0.05) is 6.07 Å². The van der Waals surface area contributed by atoms with E-state index in [-0.39, 0.29) is 29.2 Å². The van der Waals surface area contributed by atoms with Gasteiger partial charge in [-0.3, -0.25) is 9.48 Å². The molecule has 1 saturated heterocycles. The van der Waals surface area contributed by atoms with Gasteiger partial charge in [0.25, 0.3) is 5.91 Å². The van der Waals surface area contributed by atoms with Gasteiger partial charge < -0.3 is 20.5 Å². The maximum absolute atomic E-state index is 14.5. The zero-order valence-corrected chi connectivity index (χ0v) is 18.1. The number of carbonyl (C=O) groups is 1. The van der Waals surface area contributed by atoms with Crippen molar-refractivity contribution in [3.8, 4) is 16.3 Å². The zero-order valence-electron chi connectivity index (χ0n) is 17.3. The minimum Gasteiger partial charge on any atom is -0.494 e. The van der Waals surface area contributed by atoms with E-state index in [1.807, 2.05) is 7.05 Å². The van der Waals surface area contributed by atoms with Gasteiger partial charge in [-0.25, -0.2) is 9.37 Å². The summed E-state index contributed by atoms with van der Waals surface area (Å²) in [5, 5.41) is 9.15. The second-order valence-electron chi connectivity index (χ2n) is 7.37. The molecule has 4 rings (SSSR count). The molecule has 0 bridgehead atoms. The van der Waals surface area contributed by atoms with Crippen LogP contribution in [0.15, 0.2) is 29.8 Å².